The molecule has 1 unspecified atom stereocenters. The highest BCUT2D eigenvalue weighted by Crippen LogP contribution is 2.36. The highest BCUT2D eigenvalue weighted by Gasteiger charge is 2.31. The Kier molecular flexibility index (Phi) is 4.30. The molecule has 0 aliphatic heterocycles. The van der Waals surface area contributed by atoms with Gasteiger partial charge < -0.3 is 5.11 Å². The van der Waals surface area contributed by atoms with Crippen LogP contribution in [0, 0.1) is 0 Å². The van der Waals surface area contributed by atoms with Crippen molar-refractivity contribution >= 4 is 22.8 Å². The van der Waals surface area contributed by atoms with Gasteiger partial charge in [0.2, 0.25) is 0 Å². The standard InChI is InChI=1S/C21H21NO2S/c1-13(22-17-9-14-5-2-3-6-15(14)10-17)21-18(23)11-16(12-19(21)24)20-7-4-8-25-20/h2-8,16-17,23H,9-12H2,1H3. The number of thiophene rings is 1. The molecule has 0 fully saturated rings. The lowest BCUT2D eigenvalue weighted by Gasteiger charge is -2.23. The number of nitrogens with zero attached hydrogens (tertiary/aromatic N) is 1. The van der Waals surface area contributed by atoms with Crippen molar-refractivity contribution in [2.24, 2.45) is 4.99 Å². The third kappa shape index (κ3) is 3.19. The van der Waals surface area contributed by atoms with Gasteiger partial charge >= 0.3 is 0 Å². The van der Waals surface area contributed by atoms with Gasteiger partial charge in [-0.2, -0.15) is 0 Å². The Morgan fingerprint density at radius 1 is 1.08 bits per heavy atom. The van der Waals surface area contributed by atoms with E-state index in [-0.39, 0.29) is 23.5 Å². The average Bonchev–Trinajstić information content (AvgIpc) is 3.23. The van der Waals surface area contributed by atoms with Crippen molar-refractivity contribution in [3.05, 3.63) is 69.1 Å². The number of benzene rings is 1. The Morgan fingerprint density at radius 2 is 1.80 bits per heavy atom. The Balaban J connectivity index is 1.55. The Labute approximate surface area is 151 Å². The summed E-state index contributed by atoms with van der Waals surface area (Å²) in [5.41, 5.74) is 3.82. The topological polar surface area (TPSA) is 49.7 Å². The zero-order valence-electron chi connectivity index (χ0n) is 14.2. The fourth-order valence-corrected chi connectivity index (χ4v) is 4.83. The van der Waals surface area contributed by atoms with Crippen molar-refractivity contribution in [3.8, 4) is 0 Å². The van der Waals surface area contributed by atoms with Crippen LogP contribution in [-0.4, -0.2) is 22.6 Å². The van der Waals surface area contributed by atoms with E-state index in [0.717, 1.165) is 12.8 Å². The van der Waals surface area contributed by atoms with Gasteiger partial charge in [0.25, 0.3) is 0 Å². The molecular formula is C21H21NO2S. The number of aliphatic hydroxyl groups is 1. The third-order valence-corrected chi connectivity index (χ3v) is 6.19. The van der Waals surface area contributed by atoms with E-state index in [1.54, 1.807) is 11.3 Å². The van der Waals surface area contributed by atoms with Crippen LogP contribution in [0.5, 0.6) is 0 Å². The number of fused-ring (bicyclic) bond motifs is 1. The molecule has 2 aromatic rings. The summed E-state index contributed by atoms with van der Waals surface area (Å²) in [5, 5.41) is 12.5. The zero-order chi connectivity index (χ0) is 17.4. The van der Waals surface area contributed by atoms with Crippen molar-refractivity contribution < 1.29 is 9.90 Å². The molecule has 1 aromatic heterocycles. The van der Waals surface area contributed by atoms with E-state index in [1.165, 1.54) is 16.0 Å². The molecule has 1 aromatic carbocycles. The first kappa shape index (κ1) is 16.3. The van der Waals surface area contributed by atoms with Gasteiger partial charge in [-0.05, 0) is 42.3 Å². The van der Waals surface area contributed by atoms with Crippen molar-refractivity contribution in [1.82, 2.24) is 0 Å². The quantitative estimate of drug-likeness (QED) is 0.819. The van der Waals surface area contributed by atoms with E-state index in [0.29, 0.717) is 24.1 Å². The Morgan fingerprint density at radius 3 is 2.40 bits per heavy atom. The van der Waals surface area contributed by atoms with Gasteiger partial charge in [-0.3, -0.25) is 9.79 Å². The summed E-state index contributed by atoms with van der Waals surface area (Å²) in [6, 6.07) is 12.6. The molecule has 128 valence electrons. The number of rotatable bonds is 3. The fraction of sp³-hybridized carbons (Fsp3) is 0.333. The number of carbonyl (C=O) groups excluding carboxylic acids is 1. The summed E-state index contributed by atoms with van der Waals surface area (Å²) >= 11 is 1.65. The van der Waals surface area contributed by atoms with Gasteiger partial charge in [0.15, 0.2) is 5.78 Å². The smallest absolute Gasteiger partial charge is 0.168 e. The minimum absolute atomic E-state index is 0.0129. The number of allylic oxidation sites excluding steroid dienone is 2. The van der Waals surface area contributed by atoms with Crippen LogP contribution in [0.2, 0.25) is 0 Å². The number of aliphatic imine (C=N–C) groups is 1. The molecule has 0 saturated heterocycles. The van der Waals surface area contributed by atoms with Crippen LogP contribution in [0.25, 0.3) is 0 Å². The molecule has 2 aliphatic carbocycles. The number of aliphatic hydroxyl groups excluding tert-OH is 1. The first-order valence-electron chi connectivity index (χ1n) is 8.72. The second-order valence-corrected chi connectivity index (χ2v) is 7.89. The highest BCUT2D eigenvalue weighted by molar-refractivity contribution is 7.10. The summed E-state index contributed by atoms with van der Waals surface area (Å²) in [6.07, 6.45) is 2.80. The van der Waals surface area contributed by atoms with Crippen LogP contribution < -0.4 is 0 Å². The van der Waals surface area contributed by atoms with Crippen LogP contribution in [0.3, 0.4) is 0 Å². The predicted molar refractivity (Wildman–Crippen MR) is 102 cm³/mol. The molecule has 0 radical (unpaired) electrons. The summed E-state index contributed by atoms with van der Waals surface area (Å²) in [7, 11) is 0. The van der Waals surface area contributed by atoms with Gasteiger partial charge in [0.05, 0.1) is 11.6 Å². The Bertz CT molecular complexity index is 839. The average molecular weight is 351 g/mol. The van der Waals surface area contributed by atoms with E-state index in [9.17, 15) is 9.90 Å². The molecule has 1 heterocycles. The molecule has 1 N–H and O–H groups in total. The van der Waals surface area contributed by atoms with Crippen molar-refractivity contribution in [2.45, 2.75) is 44.6 Å². The summed E-state index contributed by atoms with van der Waals surface area (Å²) in [4.78, 5) is 18.6. The van der Waals surface area contributed by atoms with Gasteiger partial charge in [-0.1, -0.05) is 30.3 Å². The first-order valence-corrected chi connectivity index (χ1v) is 9.60. The number of carbonyl (C=O) groups is 1. The summed E-state index contributed by atoms with van der Waals surface area (Å²) < 4.78 is 0. The molecule has 0 spiro atoms. The maximum atomic E-state index is 12.6. The SMILES string of the molecule is CC(=NC1Cc2ccccc2C1)C1=C(O)CC(c2cccs2)CC1=O. The van der Waals surface area contributed by atoms with E-state index in [4.69, 9.17) is 4.99 Å². The molecule has 4 heteroatoms. The molecule has 25 heavy (non-hydrogen) atoms. The lowest BCUT2D eigenvalue weighted by atomic mass is 9.84. The zero-order valence-corrected chi connectivity index (χ0v) is 15.1. The second kappa shape index (κ2) is 6.60. The monoisotopic (exact) mass is 351 g/mol. The lowest BCUT2D eigenvalue weighted by molar-refractivity contribution is -0.116. The highest BCUT2D eigenvalue weighted by atomic mass is 32.1. The number of ketones is 1. The maximum Gasteiger partial charge on any atom is 0.168 e. The largest absolute Gasteiger partial charge is 0.511 e. The predicted octanol–water partition coefficient (Wildman–Crippen LogP) is 4.64. The van der Waals surface area contributed by atoms with Crippen LogP contribution in [-0.2, 0) is 17.6 Å². The van der Waals surface area contributed by atoms with E-state index >= 15 is 0 Å². The van der Waals surface area contributed by atoms with Crippen LogP contribution in [0.1, 0.15) is 41.7 Å². The molecule has 4 rings (SSSR count). The molecule has 3 nitrogen and oxygen atoms in total. The van der Waals surface area contributed by atoms with Crippen LogP contribution in [0.4, 0.5) is 0 Å². The van der Waals surface area contributed by atoms with E-state index in [2.05, 4.69) is 24.3 Å². The first-order chi connectivity index (χ1) is 12.1. The molecule has 0 bridgehead atoms. The van der Waals surface area contributed by atoms with Crippen molar-refractivity contribution in [2.75, 3.05) is 0 Å². The minimum atomic E-state index is 0.0129. The maximum absolute atomic E-state index is 12.6. The molecule has 2 aliphatic rings. The van der Waals surface area contributed by atoms with E-state index in [1.807, 2.05) is 24.4 Å². The molecular weight excluding hydrogens is 330 g/mol. The Hall–Kier alpha value is -2.20. The molecule has 0 saturated carbocycles. The normalized spacial score (nSPS) is 21.7. The van der Waals surface area contributed by atoms with Gasteiger partial charge in [-0.25, -0.2) is 0 Å². The lowest BCUT2D eigenvalue weighted by Crippen LogP contribution is -2.23. The number of Topliss-reactive ketones (excluding diaryl/α,β-unsaturated/α-hetero) is 1. The molecule has 1 atom stereocenters. The number of hydrogen-bond acceptors (Lipinski definition) is 4. The van der Waals surface area contributed by atoms with Gasteiger partial charge in [-0.15, -0.1) is 11.3 Å². The summed E-state index contributed by atoms with van der Waals surface area (Å²) in [6.45, 7) is 1.86. The van der Waals surface area contributed by atoms with Crippen LogP contribution >= 0.6 is 11.3 Å². The second-order valence-electron chi connectivity index (χ2n) is 6.91. The minimum Gasteiger partial charge on any atom is -0.511 e. The number of hydrogen-bond donors (Lipinski definition) is 1. The van der Waals surface area contributed by atoms with Crippen molar-refractivity contribution in [1.29, 1.82) is 0 Å². The van der Waals surface area contributed by atoms with Gasteiger partial charge in [0, 0.05) is 29.3 Å². The van der Waals surface area contributed by atoms with E-state index < -0.39 is 0 Å². The third-order valence-electron chi connectivity index (χ3n) is 5.15. The fourth-order valence-electron chi connectivity index (χ4n) is 4.00. The van der Waals surface area contributed by atoms with Crippen molar-refractivity contribution in [3.63, 3.8) is 0 Å². The summed E-state index contributed by atoms with van der Waals surface area (Å²) in [5.74, 6) is 0.310. The van der Waals surface area contributed by atoms with Gasteiger partial charge in [0.1, 0.15) is 5.76 Å². The van der Waals surface area contributed by atoms with Crippen LogP contribution in [0.15, 0.2) is 58.1 Å². The molecule has 0 amide bonds.